The highest BCUT2D eigenvalue weighted by atomic mass is 35.5. The van der Waals surface area contributed by atoms with Crippen LogP contribution in [0.2, 0.25) is 5.02 Å². The minimum atomic E-state index is -0.997. The van der Waals surface area contributed by atoms with Crippen LogP contribution >= 0.6 is 11.6 Å². The zero-order valence-electron chi connectivity index (χ0n) is 8.09. The SMILES string of the molecule is O=C(O)c1ccnc(-c2cnccc2Cl)c1. The van der Waals surface area contributed by atoms with Gasteiger partial charge >= 0.3 is 5.97 Å². The lowest BCUT2D eigenvalue weighted by molar-refractivity contribution is 0.0697. The molecule has 16 heavy (non-hydrogen) atoms. The van der Waals surface area contributed by atoms with Crippen LogP contribution in [-0.2, 0) is 0 Å². The summed E-state index contributed by atoms with van der Waals surface area (Å²) in [5, 5.41) is 9.34. The summed E-state index contributed by atoms with van der Waals surface area (Å²) >= 11 is 5.96. The second-order valence-electron chi connectivity index (χ2n) is 3.09. The van der Waals surface area contributed by atoms with Crippen molar-refractivity contribution in [2.75, 3.05) is 0 Å². The molecule has 4 nitrogen and oxygen atoms in total. The number of halogens is 1. The van der Waals surface area contributed by atoms with Crippen LogP contribution in [-0.4, -0.2) is 21.0 Å². The summed E-state index contributed by atoms with van der Waals surface area (Å²) in [6.45, 7) is 0. The topological polar surface area (TPSA) is 63.1 Å². The number of hydrogen-bond donors (Lipinski definition) is 1. The zero-order chi connectivity index (χ0) is 11.5. The maximum atomic E-state index is 10.8. The van der Waals surface area contributed by atoms with Gasteiger partial charge in [0, 0.05) is 24.2 Å². The molecule has 2 rings (SSSR count). The maximum Gasteiger partial charge on any atom is 0.335 e. The quantitative estimate of drug-likeness (QED) is 0.867. The number of carbonyl (C=O) groups is 1. The summed E-state index contributed by atoms with van der Waals surface area (Å²) in [6.07, 6.45) is 4.55. The van der Waals surface area contributed by atoms with Gasteiger partial charge in [0.05, 0.1) is 16.3 Å². The Balaban J connectivity index is 2.53. The van der Waals surface area contributed by atoms with Gasteiger partial charge in [0.1, 0.15) is 0 Å². The fraction of sp³-hybridized carbons (Fsp3) is 0. The lowest BCUT2D eigenvalue weighted by atomic mass is 10.1. The van der Waals surface area contributed by atoms with Crippen LogP contribution in [0, 0.1) is 0 Å². The van der Waals surface area contributed by atoms with E-state index in [4.69, 9.17) is 16.7 Å². The van der Waals surface area contributed by atoms with E-state index < -0.39 is 5.97 Å². The zero-order valence-corrected chi connectivity index (χ0v) is 8.85. The van der Waals surface area contributed by atoms with Crippen LogP contribution in [0.5, 0.6) is 0 Å². The molecule has 0 radical (unpaired) electrons. The molecule has 0 aliphatic heterocycles. The molecule has 0 saturated heterocycles. The van der Waals surface area contributed by atoms with Crippen LogP contribution in [0.3, 0.4) is 0 Å². The lowest BCUT2D eigenvalue weighted by Crippen LogP contribution is -1.97. The average Bonchev–Trinajstić information content (AvgIpc) is 2.30. The summed E-state index contributed by atoms with van der Waals surface area (Å²) in [5.41, 5.74) is 1.29. The molecule has 0 saturated carbocycles. The molecule has 0 bridgehead atoms. The highest BCUT2D eigenvalue weighted by Crippen LogP contribution is 2.25. The smallest absolute Gasteiger partial charge is 0.335 e. The molecule has 2 heterocycles. The average molecular weight is 235 g/mol. The fourth-order valence-corrected chi connectivity index (χ4v) is 1.48. The van der Waals surface area contributed by atoms with Crippen LogP contribution in [0.15, 0.2) is 36.8 Å². The van der Waals surface area contributed by atoms with Gasteiger partial charge in [-0.05, 0) is 18.2 Å². The Morgan fingerprint density at radius 3 is 2.81 bits per heavy atom. The molecule has 2 aromatic heterocycles. The Bertz CT molecular complexity index is 543. The van der Waals surface area contributed by atoms with Crippen molar-refractivity contribution in [2.24, 2.45) is 0 Å². The van der Waals surface area contributed by atoms with Gasteiger partial charge in [-0.25, -0.2) is 4.79 Å². The first kappa shape index (κ1) is 10.6. The predicted octanol–water partition coefficient (Wildman–Crippen LogP) is 2.50. The van der Waals surface area contributed by atoms with Crippen molar-refractivity contribution in [3.8, 4) is 11.3 Å². The lowest BCUT2D eigenvalue weighted by Gasteiger charge is -2.03. The van der Waals surface area contributed by atoms with E-state index >= 15 is 0 Å². The van der Waals surface area contributed by atoms with Crippen molar-refractivity contribution < 1.29 is 9.90 Å². The van der Waals surface area contributed by atoms with Gasteiger partial charge < -0.3 is 5.11 Å². The number of aromatic nitrogens is 2. The number of carboxylic acid groups (broad SMARTS) is 1. The number of nitrogens with zero attached hydrogens (tertiary/aromatic N) is 2. The summed E-state index contributed by atoms with van der Waals surface area (Å²) in [7, 11) is 0. The molecule has 0 fully saturated rings. The van der Waals surface area contributed by atoms with Crippen molar-refractivity contribution in [1.29, 1.82) is 0 Å². The first-order valence-corrected chi connectivity index (χ1v) is 4.85. The molecule has 5 heteroatoms. The van der Waals surface area contributed by atoms with E-state index in [0.717, 1.165) is 0 Å². The Morgan fingerprint density at radius 2 is 2.12 bits per heavy atom. The van der Waals surface area contributed by atoms with Gasteiger partial charge in [-0.1, -0.05) is 11.6 Å². The first-order chi connectivity index (χ1) is 7.68. The molecular weight excluding hydrogens is 228 g/mol. The van der Waals surface area contributed by atoms with Gasteiger partial charge in [-0.2, -0.15) is 0 Å². The molecular formula is C11H7ClN2O2. The molecule has 1 N–H and O–H groups in total. The summed E-state index contributed by atoms with van der Waals surface area (Å²) in [5.74, 6) is -0.997. The summed E-state index contributed by atoms with van der Waals surface area (Å²) in [6, 6.07) is 4.52. The van der Waals surface area contributed by atoms with Gasteiger partial charge in [-0.3, -0.25) is 9.97 Å². The van der Waals surface area contributed by atoms with Crippen LogP contribution in [0.4, 0.5) is 0 Å². The molecule has 0 unspecified atom stereocenters. The Hall–Kier alpha value is -1.94. The van der Waals surface area contributed by atoms with Gasteiger partial charge in [0.2, 0.25) is 0 Å². The van der Waals surface area contributed by atoms with Crippen molar-refractivity contribution in [2.45, 2.75) is 0 Å². The van der Waals surface area contributed by atoms with Crippen LogP contribution in [0.25, 0.3) is 11.3 Å². The minimum absolute atomic E-state index is 0.171. The predicted molar refractivity (Wildman–Crippen MR) is 59.4 cm³/mol. The van der Waals surface area contributed by atoms with Crippen LogP contribution < -0.4 is 0 Å². The van der Waals surface area contributed by atoms with Crippen LogP contribution in [0.1, 0.15) is 10.4 Å². The normalized spacial score (nSPS) is 10.1. The second kappa shape index (κ2) is 4.28. The van der Waals surface area contributed by atoms with Crippen molar-refractivity contribution in [3.05, 3.63) is 47.4 Å². The maximum absolute atomic E-state index is 10.8. The summed E-state index contributed by atoms with van der Waals surface area (Å²) in [4.78, 5) is 18.8. The third-order valence-corrected chi connectivity index (χ3v) is 2.38. The number of pyridine rings is 2. The Labute approximate surface area is 96.6 Å². The fourth-order valence-electron chi connectivity index (χ4n) is 1.28. The third-order valence-electron chi connectivity index (χ3n) is 2.05. The Kier molecular flexibility index (Phi) is 2.83. The van der Waals surface area contributed by atoms with E-state index in [0.29, 0.717) is 16.3 Å². The molecule has 0 spiro atoms. The van der Waals surface area contributed by atoms with Gasteiger partial charge in [0.15, 0.2) is 0 Å². The molecule has 0 aromatic carbocycles. The van der Waals surface area contributed by atoms with E-state index in [2.05, 4.69) is 9.97 Å². The van der Waals surface area contributed by atoms with Crippen molar-refractivity contribution in [1.82, 2.24) is 9.97 Å². The largest absolute Gasteiger partial charge is 0.478 e. The third kappa shape index (κ3) is 2.01. The first-order valence-electron chi connectivity index (χ1n) is 4.47. The molecule has 0 atom stereocenters. The number of rotatable bonds is 2. The number of hydrogen-bond acceptors (Lipinski definition) is 3. The van der Waals surface area contributed by atoms with Crippen molar-refractivity contribution >= 4 is 17.6 Å². The number of aromatic carboxylic acids is 1. The highest BCUT2D eigenvalue weighted by molar-refractivity contribution is 6.33. The van der Waals surface area contributed by atoms with Crippen molar-refractivity contribution in [3.63, 3.8) is 0 Å². The minimum Gasteiger partial charge on any atom is -0.478 e. The highest BCUT2D eigenvalue weighted by Gasteiger charge is 2.08. The van der Waals surface area contributed by atoms with Gasteiger partial charge in [-0.15, -0.1) is 0 Å². The molecule has 2 aromatic rings. The van der Waals surface area contributed by atoms with E-state index in [1.165, 1.54) is 18.3 Å². The van der Waals surface area contributed by atoms with E-state index in [1.54, 1.807) is 18.5 Å². The van der Waals surface area contributed by atoms with E-state index in [9.17, 15) is 4.79 Å². The molecule has 0 aliphatic rings. The number of carboxylic acids is 1. The molecule has 80 valence electrons. The standard InChI is InChI=1S/C11H7ClN2O2/c12-9-2-3-13-6-8(9)10-5-7(11(15)16)1-4-14-10/h1-6H,(H,15,16). The molecule has 0 amide bonds. The molecule has 0 aliphatic carbocycles. The van der Waals surface area contributed by atoms with E-state index in [1.807, 2.05) is 0 Å². The second-order valence-corrected chi connectivity index (χ2v) is 3.50. The van der Waals surface area contributed by atoms with Gasteiger partial charge in [0.25, 0.3) is 0 Å². The monoisotopic (exact) mass is 234 g/mol. The van der Waals surface area contributed by atoms with E-state index in [-0.39, 0.29) is 5.56 Å². The summed E-state index contributed by atoms with van der Waals surface area (Å²) < 4.78 is 0. The Morgan fingerprint density at radius 1 is 1.31 bits per heavy atom.